The second kappa shape index (κ2) is 25.5. The van der Waals surface area contributed by atoms with Crippen LogP contribution in [0.15, 0.2) is 93.9 Å². The summed E-state index contributed by atoms with van der Waals surface area (Å²) < 4.78 is 25.9. The van der Waals surface area contributed by atoms with E-state index in [4.69, 9.17) is 39.1 Å². The third kappa shape index (κ3) is 15.0. The van der Waals surface area contributed by atoms with E-state index >= 15 is 0 Å². The number of ether oxygens (including phenoxy) is 4. The van der Waals surface area contributed by atoms with E-state index in [9.17, 15) is 30.3 Å². The molecule has 4 aromatic heterocycles. The van der Waals surface area contributed by atoms with Crippen LogP contribution < -0.4 is 29.6 Å². The van der Waals surface area contributed by atoms with Gasteiger partial charge in [0.2, 0.25) is 23.5 Å². The van der Waals surface area contributed by atoms with Crippen LogP contribution >= 0.6 is 31.9 Å². The van der Waals surface area contributed by atoms with Gasteiger partial charge in [-0.3, -0.25) is 9.59 Å². The van der Waals surface area contributed by atoms with Crippen molar-refractivity contribution in [3.05, 3.63) is 150 Å². The van der Waals surface area contributed by atoms with Gasteiger partial charge in [-0.05, 0) is 115 Å². The minimum Gasteiger partial charge on any atom is -0.481 e. The molecule has 6 rings (SSSR count). The normalized spacial score (nSPS) is 11.8. The number of pyridine rings is 4. The van der Waals surface area contributed by atoms with Gasteiger partial charge in [0.05, 0.1) is 45.4 Å². The van der Waals surface area contributed by atoms with E-state index in [1.54, 1.807) is 48.5 Å². The number of aliphatic hydroxyl groups excluding tert-OH is 2. The first kappa shape index (κ1) is 52.3. The van der Waals surface area contributed by atoms with Crippen molar-refractivity contribution in [2.75, 3.05) is 13.1 Å². The molecule has 362 valence electrons. The molecule has 0 unspecified atom stereocenters. The SMILES string of the molecule is Cc1c(COc2nc(OCc3cccc(C#N)n3)c(CNC[C@@H](O)CC(=O)O)cc2Br)cccc1-c1cccc(COc2nc(OCc3cccc(C#N)n3)c(CNC[C@@H](O)CC(=O)O)cc2Br)c1C. The highest BCUT2D eigenvalue weighted by molar-refractivity contribution is 9.10. The highest BCUT2D eigenvalue weighted by Gasteiger charge is 2.19. The summed E-state index contributed by atoms with van der Waals surface area (Å²) in [5.74, 6) is -1.30. The minimum atomic E-state index is -1.11. The molecule has 0 saturated heterocycles. The van der Waals surface area contributed by atoms with E-state index in [0.717, 1.165) is 33.4 Å². The van der Waals surface area contributed by atoms with Crippen molar-refractivity contribution >= 4 is 43.8 Å². The minimum absolute atomic E-state index is 0.000362. The first-order valence-corrected chi connectivity index (χ1v) is 23.3. The Morgan fingerprint density at radius 3 is 1.34 bits per heavy atom. The molecule has 70 heavy (non-hydrogen) atoms. The molecule has 0 radical (unpaired) electrons. The summed E-state index contributed by atoms with van der Waals surface area (Å²) in [4.78, 5) is 40.1. The molecule has 0 bridgehead atoms. The zero-order valence-corrected chi connectivity index (χ0v) is 41.2. The maximum atomic E-state index is 11.1. The number of rotatable bonds is 25. The molecule has 2 aromatic carbocycles. The van der Waals surface area contributed by atoms with Crippen molar-refractivity contribution in [1.29, 1.82) is 10.5 Å². The molecule has 0 fully saturated rings. The number of nitrogens with one attached hydrogen (secondary N) is 2. The van der Waals surface area contributed by atoms with Gasteiger partial charge in [0, 0.05) is 37.3 Å². The lowest BCUT2D eigenvalue weighted by molar-refractivity contribution is -0.140. The van der Waals surface area contributed by atoms with Gasteiger partial charge in [0.15, 0.2) is 0 Å². The van der Waals surface area contributed by atoms with Gasteiger partial charge >= 0.3 is 11.9 Å². The number of aliphatic hydroxyl groups is 2. The van der Waals surface area contributed by atoms with Gasteiger partial charge in [-0.25, -0.2) is 9.97 Å². The largest absolute Gasteiger partial charge is 0.481 e. The van der Waals surface area contributed by atoms with E-state index in [1.165, 1.54) is 0 Å². The molecule has 4 heterocycles. The maximum absolute atomic E-state index is 11.1. The lowest BCUT2D eigenvalue weighted by Gasteiger charge is -2.18. The van der Waals surface area contributed by atoms with Crippen LogP contribution in [0.25, 0.3) is 11.1 Å². The Hall–Kier alpha value is -7.04. The van der Waals surface area contributed by atoms with Crippen molar-refractivity contribution < 1.29 is 49.0 Å². The number of nitrogens with zero attached hydrogens (tertiary/aromatic N) is 6. The smallest absolute Gasteiger partial charge is 0.306 e. The van der Waals surface area contributed by atoms with Crippen molar-refractivity contribution in [1.82, 2.24) is 30.6 Å². The molecule has 0 spiro atoms. The molecule has 0 aliphatic heterocycles. The number of carbonyl (C=O) groups is 2. The van der Waals surface area contributed by atoms with Crippen LogP contribution in [0.1, 0.15) is 69.0 Å². The van der Waals surface area contributed by atoms with Crippen molar-refractivity contribution in [2.24, 2.45) is 0 Å². The second-order valence-corrected chi connectivity index (χ2v) is 17.5. The van der Waals surface area contributed by atoms with Crippen LogP contribution in [0.4, 0.5) is 0 Å². The monoisotopic (exact) mass is 1080 g/mol. The zero-order valence-electron chi connectivity index (χ0n) is 38.0. The van der Waals surface area contributed by atoms with Crippen LogP contribution in [-0.2, 0) is 49.1 Å². The Morgan fingerprint density at radius 2 is 0.957 bits per heavy atom. The van der Waals surface area contributed by atoms with Gasteiger partial charge in [-0.1, -0.05) is 48.5 Å². The van der Waals surface area contributed by atoms with Crippen molar-refractivity contribution in [2.45, 2.75) is 78.4 Å². The third-order valence-corrected chi connectivity index (χ3v) is 11.8. The van der Waals surface area contributed by atoms with E-state index < -0.39 is 37.0 Å². The topological polar surface area (TPSA) is 275 Å². The Labute approximate surface area is 420 Å². The van der Waals surface area contributed by atoms with Gasteiger partial charge in [-0.2, -0.15) is 20.5 Å². The lowest BCUT2D eigenvalue weighted by atomic mass is 9.92. The molecule has 0 aliphatic carbocycles. The first-order chi connectivity index (χ1) is 33.7. The zero-order chi connectivity index (χ0) is 50.2. The molecular formula is C50H48Br2N8O10. The summed E-state index contributed by atoms with van der Waals surface area (Å²) in [5.41, 5.74) is 8.38. The molecule has 0 amide bonds. The van der Waals surface area contributed by atoms with Crippen LogP contribution in [-0.4, -0.2) is 77.6 Å². The highest BCUT2D eigenvalue weighted by Crippen LogP contribution is 2.35. The predicted octanol–water partition coefficient (Wildman–Crippen LogP) is 6.99. The summed E-state index contributed by atoms with van der Waals surface area (Å²) in [6.07, 6.45) is -3.02. The Balaban J connectivity index is 1.18. The van der Waals surface area contributed by atoms with Crippen LogP contribution in [0.3, 0.4) is 0 Å². The second-order valence-electron chi connectivity index (χ2n) is 15.8. The fourth-order valence-electron chi connectivity index (χ4n) is 7.07. The third-order valence-electron chi connectivity index (χ3n) is 10.6. The van der Waals surface area contributed by atoms with E-state index in [2.05, 4.69) is 52.5 Å². The molecule has 0 aliphatic rings. The number of aromatic nitrogens is 4. The maximum Gasteiger partial charge on any atom is 0.306 e. The highest BCUT2D eigenvalue weighted by atomic mass is 79.9. The summed E-state index contributed by atoms with van der Waals surface area (Å²) in [7, 11) is 0. The fraction of sp³-hybridized carbons (Fsp3) is 0.280. The van der Waals surface area contributed by atoms with Crippen LogP contribution in [0.5, 0.6) is 23.5 Å². The van der Waals surface area contributed by atoms with Gasteiger partial charge < -0.3 is 50.0 Å². The Kier molecular flexibility index (Phi) is 19.1. The lowest BCUT2D eigenvalue weighted by Crippen LogP contribution is -2.28. The summed E-state index contributed by atoms with van der Waals surface area (Å²) in [6.45, 7) is 4.73. The average molecular weight is 1080 g/mol. The quantitative estimate of drug-likeness (QED) is 0.0337. The van der Waals surface area contributed by atoms with Gasteiger partial charge in [0.25, 0.3) is 0 Å². The molecule has 6 aromatic rings. The van der Waals surface area contributed by atoms with Gasteiger partial charge in [0.1, 0.15) is 50.0 Å². The van der Waals surface area contributed by atoms with Crippen LogP contribution in [0, 0.1) is 36.5 Å². The number of nitriles is 2. The van der Waals surface area contributed by atoms with E-state index in [0.29, 0.717) is 31.5 Å². The average Bonchev–Trinajstić information content (AvgIpc) is 3.33. The van der Waals surface area contributed by atoms with Crippen LogP contribution in [0.2, 0.25) is 0 Å². The summed E-state index contributed by atoms with van der Waals surface area (Å²) in [6, 6.07) is 29.5. The van der Waals surface area contributed by atoms with E-state index in [-0.39, 0.29) is 87.5 Å². The number of hydrogen-bond acceptors (Lipinski definition) is 16. The number of carboxylic acid groups (broad SMARTS) is 2. The van der Waals surface area contributed by atoms with E-state index in [1.807, 2.05) is 62.4 Å². The number of hydrogen-bond donors (Lipinski definition) is 6. The number of carboxylic acids is 2. The van der Waals surface area contributed by atoms with Crippen molar-refractivity contribution in [3.63, 3.8) is 0 Å². The molecule has 2 atom stereocenters. The number of benzene rings is 2. The number of aliphatic carboxylic acids is 2. The molecule has 18 nitrogen and oxygen atoms in total. The van der Waals surface area contributed by atoms with Gasteiger partial charge in [-0.15, -0.1) is 0 Å². The number of halogens is 2. The summed E-state index contributed by atoms with van der Waals surface area (Å²) >= 11 is 7.17. The molecule has 0 saturated carbocycles. The molecule has 20 heteroatoms. The fourth-order valence-corrected chi connectivity index (χ4v) is 8.03. The first-order valence-electron chi connectivity index (χ1n) is 21.7. The predicted molar refractivity (Wildman–Crippen MR) is 260 cm³/mol. The Morgan fingerprint density at radius 1 is 0.571 bits per heavy atom. The Bertz CT molecular complexity index is 2720. The standard InChI is InChI=1S/C50H48Br2N8O10/c1-29-31(25-67-49-43(51)15-33(21-55-23-39(61)17-45(63)64)47(59-49)69-27-37-11-5-9-35(19-53)57-37)7-3-13-41(29)42-14-4-8-32(30(42)2)26-68-50-44(52)16-34(22-56-24-40(62)18-46(65)66)48(60-50)70-28-38-12-6-10-36(20-54)58-38/h3-16,39-40,55-56,61-62H,17-18,21-28H2,1-2H3,(H,63,64)(H,65,66)/t39-,40-/m0/s1. The van der Waals surface area contributed by atoms with Crippen molar-refractivity contribution in [3.8, 4) is 46.8 Å². The molecular weight excluding hydrogens is 1030 g/mol. The molecule has 6 N–H and O–H groups in total. The summed E-state index contributed by atoms with van der Waals surface area (Å²) in [5, 5.41) is 63.0.